The number of rotatable bonds is 4. The summed E-state index contributed by atoms with van der Waals surface area (Å²) >= 11 is 0. The number of nitrogens with zero attached hydrogens (tertiary/aromatic N) is 2. The number of benzene rings is 2. The third-order valence-electron chi connectivity index (χ3n) is 3.53. The number of hydrogen-bond acceptors (Lipinski definition) is 5. The average Bonchev–Trinajstić information content (AvgIpc) is 2.65. The van der Waals surface area contributed by atoms with Crippen molar-refractivity contribution in [3.63, 3.8) is 0 Å². The average molecular weight is 321 g/mol. The van der Waals surface area contributed by atoms with Gasteiger partial charge in [-0.1, -0.05) is 42.5 Å². The van der Waals surface area contributed by atoms with Crippen LogP contribution in [0, 0.1) is 0 Å². The summed E-state index contributed by atoms with van der Waals surface area (Å²) in [5, 5.41) is 2.65. The minimum absolute atomic E-state index is 0.138. The number of nitrogens with one attached hydrogen (secondary N) is 1. The number of aromatic nitrogens is 2. The molecule has 3 aromatic rings. The molecule has 1 atom stereocenters. The van der Waals surface area contributed by atoms with Crippen LogP contribution in [0.5, 0.6) is 0 Å². The lowest BCUT2D eigenvalue weighted by Gasteiger charge is -2.16. The van der Waals surface area contributed by atoms with Crippen LogP contribution in [0.15, 0.2) is 60.8 Å². The van der Waals surface area contributed by atoms with E-state index >= 15 is 0 Å². The van der Waals surface area contributed by atoms with Gasteiger partial charge in [0, 0.05) is 0 Å². The van der Waals surface area contributed by atoms with E-state index in [0.29, 0.717) is 16.6 Å². The lowest BCUT2D eigenvalue weighted by atomic mass is 10.1. The third-order valence-corrected chi connectivity index (χ3v) is 3.53. The molecule has 0 spiro atoms. The van der Waals surface area contributed by atoms with E-state index in [-0.39, 0.29) is 5.69 Å². The van der Waals surface area contributed by atoms with E-state index < -0.39 is 17.9 Å². The highest BCUT2D eigenvalue weighted by Crippen LogP contribution is 2.15. The number of hydrogen-bond donors (Lipinski definition) is 1. The van der Waals surface area contributed by atoms with Crippen LogP contribution in [0.25, 0.3) is 11.0 Å². The molecule has 0 radical (unpaired) electrons. The number of carbonyl (C=O) groups excluding carboxylic acids is 2. The molecule has 6 nitrogen and oxygen atoms in total. The van der Waals surface area contributed by atoms with Gasteiger partial charge in [0.1, 0.15) is 5.69 Å². The van der Waals surface area contributed by atoms with Crippen LogP contribution in [0.2, 0.25) is 0 Å². The molecule has 1 aromatic heterocycles. The number of ether oxygens (including phenoxy) is 1. The predicted molar refractivity (Wildman–Crippen MR) is 88.2 cm³/mol. The first-order valence-corrected chi connectivity index (χ1v) is 7.34. The fraction of sp³-hybridized carbons (Fsp3) is 0.111. The fourth-order valence-electron chi connectivity index (χ4n) is 2.31. The standard InChI is InChI=1S/C18H15N3O3/c1-24-18(23)16(12-7-3-2-4-8-12)21-17(22)15-11-19-13-9-5-6-10-14(13)20-15/h2-11,16H,1H3,(H,21,22)/t16-/m0/s1. The number of carbonyl (C=O) groups is 2. The first kappa shape index (κ1) is 15.6. The zero-order valence-electron chi connectivity index (χ0n) is 13.0. The summed E-state index contributed by atoms with van der Waals surface area (Å²) in [7, 11) is 1.28. The van der Waals surface area contributed by atoms with Crippen molar-refractivity contribution in [1.82, 2.24) is 15.3 Å². The van der Waals surface area contributed by atoms with Gasteiger partial charge in [-0.3, -0.25) is 9.78 Å². The Kier molecular flexibility index (Phi) is 4.47. The van der Waals surface area contributed by atoms with E-state index in [9.17, 15) is 9.59 Å². The second-order valence-electron chi connectivity index (χ2n) is 5.08. The highest BCUT2D eigenvalue weighted by Gasteiger charge is 2.24. The maximum atomic E-state index is 12.5. The van der Waals surface area contributed by atoms with Gasteiger partial charge in [0.15, 0.2) is 6.04 Å². The summed E-state index contributed by atoms with van der Waals surface area (Å²) in [6, 6.07) is 15.2. The number of methoxy groups -OCH3 is 1. The number of amides is 1. The molecule has 0 saturated carbocycles. The highest BCUT2D eigenvalue weighted by atomic mass is 16.5. The highest BCUT2D eigenvalue weighted by molar-refractivity contribution is 5.96. The Balaban J connectivity index is 1.88. The fourth-order valence-corrected chi connectivity index (χ4v) is 2.31. The maximum absolute atomic E-state index is 12.5. The maximum Gasteiger partial charge on any atom is 0.333 e. The third kappa shape index (κ3) is 3.22. The van der Waals surface area contributed by atoms with Gasteiger partial charge in [0.25, 0.3) is 5.91 Å². The quantitative estimate of drug-likeness (QED) is 0.746. The van der Waals surface area contributed by atoms with Crippen LogP contribution in [-0.4, -0.2) is 29.0 Å². The van der Waals surface area contributed by atoms with Crippen LogP contribution in [-0.2, 0) is 9.53 Å². The molecule has 0 aliphatic carbocycles. The molecule has 1 amide bonds. The minimum atomic E-state index is -0.906. The summed E-state index contributed by atoms with van der Waals surface area (Å²) in [6.07, 6.45) is 1.39. The Morgan fingerprint density at radius 2 is 1.67 bits per heavy atom. The van der Waals surface area contributed by atoms with Gasteiger partial charge >= 0.3 is 5.97 Å². The van der Waals surface area contributed by atoms with Crippen molar-refractivity contribution < 1.29 is 14.3 Å². The smallest absolute Gasteiger partial charge is 0.333 e. The van der Waals surface area contributed by atoms with Gasteiger partial charge in [-0.05, 0) is 17.7 Å². The van der Waals surface area contributed by atoms with Crippen LogP contribution in [0.4, 0.5) is 0 Å². The molecule has 2 aromatic carbocycles. The molecule has 0 fully saturated rings. The second-order valence-corrected chi connectivity index (χ2v) is 5.08. The normalized spacial score (nSPS) is 11.7. The number of para-hydroxylation sites is 2. The van der Waals surface area contributed by atoms with Gasteiger partial charge in [0.2, 0.25) is 0 Å². The summed E-state index contributed by atoms with van der Waals surface area (Å²) in [5.41, 5.74) is 2.08. The second kappa shape index (κ2) is 6.87. The Morgan fingerprint density at radius 3 is 2.38 bits per heavy atom. The Bertz CT molecular complexity index is 881. The van der Waals surface area contributed by atoms with Gasteiger partial charge in [0.05, 0.1) is 24.3 Å². The minimum Gasteiger partial charge on any atom is -0.467 e. The molecule has 0 aliphatic heterocycles. The zero-order chi connectivity index (χ0) is 16.9. The molecular weight excluding hydrogens is 306 g/mol. The molecule has 6 heteroatoms. The molecule has 0 bridgehead atoms. The van der Waals surface area contributed by atoms with E-state index in [1.165, 1.54) is 13.3 Å². The van der Waals surface area contributed by atoms with Crippen molar-refractivity contribution in [3.8, 4) is 0 Å². The van der Waals surface area contributed by atoms with E-state index in [4.69, 9.17) is 4.74 Å². The first-order valence-electron chi connectivity index (χ1n) is 7.34. The van der Waals surface area contributed by atoms with E-state index in [2.05, 4.69) is 15.3 Å². The summed E-state index contributed by atoms with van der Waals surface area (Å²) < 4.78 is 4.78. The lowest BCUT2D eigenvalue weighted by molar-refractivity contribution is -0.143. The molecule has 1 heterocycles. The first-order chi connectivity index (χ1) is 11.7. The van der Waals surface area contributed by atoms with Gasteiger partial charge in [-0.15, -0.1) is 0 Å². The Labute approximate surface area is 138 Å². The van der Waals surface area contributed by atoms with Crippen molar-refractivity contribution in [2.24, 2.45) is 0 Å². The van der Waals surface area contributed by atoms with E-state index in [0.717, 1.165) is 0 Å². The molecule has 0 aliphatic rings. The Morgan fingerprint density at radius 1 is 1.00 bits per heavy atom. The van der Waals surface area contributed by atoms with Crippen molar-refractivity contribution >= 4 is 22.9 Å². The molecule has 120 valence electrons. The monoisotopic (exact) mass is 321 g/mol. The van der Waals surface area contributed by atoms with Gasteiger partial charge < -0.3 is 10.1 Å². The summed E-state index contributed by atoms with van der Waals surface area (Å²) in [6.45, 7) is 0. The topological polar surface area (TPSA) is 81.2 Å². The molecule has 0 unspecified atom stereocenters. The van der Waals surface area contributed by atoms with Crippen molar-refractivity contribution in [3.05, 3.63) is 72.1 Å². The summed E-state index contributed by atoms with van der Waals surface area (Å²) in [5.74, 6) is -1.05. The van der Waals surface area contributed by atoms with E-state index in [1.807, 2.05) is 24.3 Å². The largest absolute Gasteiger partial charge is 0.467 e. The van der Waals surface area contributed by atoms with Crippen molar-refractivity contribution in [1.29, 1.82) is 0 Å². The summed E-state index contributed by atoms with van der Waals surface area (Å²) in [4.78, 5) is 33.0. The zero-order valence-corrected chi connectivity index (χ0v) is 13.0. The van der Waals surface area contributed by atoms with Crippen LogP contribution in [0.3, 0.4) is 0 Å². The van der Waals surface area contributed by atoms with Crippen molar-refractivity contribution in [2.45, 2.75) is 6.04 Å². The molecule has 0 saturated heterocycles. The van der Waals surface area contributed by atoms with Gasteiger partial charge in [-0.25, -0.2) is 9.78 Å². The predicted octanol–water partition coefficient (Wildman–Crippen LogP) is 2.27. The lowest BCUT2D eigenvalue weighted by Crippen LogP contribution is -2.35. The number of esters is 1. The van der Waals surface area contributed by atoms with Crippen LogP contribution < -0.4 is 5.32 Å². The van der Waals surface area contributed by atoms with Crippen molar-refractivity contribution in [2.75, 3.05) is 7.11 Å². The van der Waals surface area contributed by atoms with E-state index in [1.54, 1.807) is 30.3 Å². The van der Waals surface area contributed by atoms with Crippen LogP contribution in [0.1, 0.15) is 22.1 Å². The Hall–Kier alpha value is -3.28. The van der Waals surface area contributed by atoms with Gasteiger partial charge in [-0.2, -0.15) is 0 Å². The molecule has 1 N–H and O–H groups in total. The SMILES string of the molecule is COC(=O)[C@@H](NC(=O)c1cnc2ccccc2n1)c1ccccc1. The number of fused-ring (bicyclic) bond motifs is 1. The molecule has 24 heavy (non-hydrogen) atoms. The molecular formula is C18H15N3O3. The van der Waals surface area contributed by atoms with Crippen LogP contribution >= 0.6 is 0 Å². The molecule has 3 rings (SSSR count).